The Hall–Kier alpha value is -2.36. The lowest BCUT2D eigenvalue weighted by Gasteiger charge is -2.18. The third kappa shape index (κ3) is 5.41. The second kappa shape index (κ2) is 10.6. The van der Waals surface area contributed by atoms with E-state index >= 15 is 0 Å². The molecule has 0 atom stereocenters. The summed E-state index contributed by atoms with van der Waals surface area (Å²) in [5.41, 5.74) is 0.797. The quantitative estimate of drug-likeness (QED) is 0.219. The molecule has 0 bridgehead atoms. The van der Waals surface area contributed by atoms with Crippen molar-refractivity contribution in [3.63, 3.8) is 0 Å². The number of rotatable bonds is 11. The van der Waals surface area contributed by atoms with E-state index in [1.807, 2.05) is 18.2 Å². The van der Waals surface area contributed by atoms with Crippen LogP contribution in [0.2, 0.25) is 0 Å². The van der Waals surface area contributed by atoms with Crippen LogP contribution in [0.4, 0.5) is 5.00 Å². The Bertz CT molecular complexity index is 1010. The topological polar surface area (TPSA) is 77.7 Å². The average Bonchev–Trinajstić information content (AvgIpc) is 3.22. The van der Waals surface area contributed by atoms with E-state index in [2.05, 4.69) is 23.7 Å². The highest BCUT2D eigenvalue weighted by Crippen LogP contribution is 2.41. The molecule has 7 nitrogen and oxygen atoms in total. The van der Waals surface area contributed by atoms with E-state index in [0.29, 0.717) is 18.1 Å². The highest BCUT2D eigenvalue weighted by atomic mass is 32.2. The van der Waals surface area contributed by atoms with Gasteiger partial charge in [0.1, 0.15) is 0 Å². The van der Waals surface area contributed by atoms with Gasteiger partial charge in [-0.25, -0.2) is 0 Å². The summed E-state index contributed by atoms with van der Waals surface area (Å²) in [7, 11) is 1.62. The summed E-state index contributed by atoms with van der Waals surface area (Å²) in [4.78, 5) is 18.4. The van der Waals surface area contributed by atoms with E-state index in [1.54, 1.807) is 19.4 Å². The van der Waals surface area contributed by atoms with Gasteiger partial charge in [-0.2, -0.15) is 0 Å². The first-order valence-electron chi connectivity index (χ1n) is 9.79. The number of nitrogens with zero attached hydrogens (tertiary/aromatic N) is 3. The number of methoxy groups -OCH3 is 1. The molecule has 0 spiro atoms. The summed E-state index contributed by atoms with van der Waals surface area (Å²) in [5, 5.41) is 12.0. The number of hydrogen-bond donors (Lipinski definition) is 0. The molecule has 0 saturated carbocycles. The minimum atomic E-state index is -0.369. The van der Waals surface area contributed by atoms with E-state index in [1.165, 1.54) is 17.8 Å². The monoisotopic (exact) mass is 447 g/mol. The Balaban J connectivity index is 1.78. The number of pyridine rings is 1. The fourth-order valence-electron chi connectivity index (χ4n) is 3.07. The number of ether oxygens (including phenoxy) is 2. The molecule has 0 aliphatic heterocycles. The SMILES string of the molecule is CCN(CC)CCCOc1cc2nccc(Sc3ccc([N+](=O)[O-])s3)c2cc1OC. The molecule has 0 unspecified atom stereocenters. The number of nitro groups is 1. The second-order valence-electron chi connectivity index (χ2n) is 6.51. The molecule has 0 aliphatic rings. The van der Waals surface area contributed by atoms with Crippen molar-refractivity contribution in [1.29, 1.82) is 0 Å². The molecule has 3 aromatic rings. The number of thiophene rings is 1. The number of aromatic nitrogens is 1. The number of hydrogen-bond acceptors (Lipinski definition) is 8. The Kier molecular flexibility index (Phi) is 7.89. The standard InChI is InChI=1S/C21H25N3O4S2/c1-4-23(5-2)11-6-12-28-18-14-16-15(13-17(18)27-3)19(9-10-22-16)29-21-8-7-20(30-21)24(25)26/h7-10,13-14H,4-6,11-12H2,1-3H3. The Morgan fingerprint density at radius 1 is 1.20 bits per heavy atom. The van der Waals surface area contributed by atoms with Crippen molar-refractivity contribution >= 4 is 39.0 Å². The van der Waals surface area contributed by atoms with E-state index in [4.69, 9.17) is 9.47 Å². The summed E-state index contributed by atoms with van der Waals surface area (Å²) in [6.45, 7) is 7.99. The molecule has 160 valence electrons. The summed E-state index contributed by atoms with van der Waals surface area (Å²) >= 11 is 2.64. The highest BCUT2D eigenvalue weighted by molar-refractivity contribution is 8.01. The first kappa shape index (κ1) is 22.3. The van der Waals surface area contributed by atoms with Crippen molar-refractivity contribution in [2.45, 2.75) is 29.4 Å². The molecule has 0 aliphatic carbocycles. The van der Waals surface area contributed by atoms with Gasteiger partial charge < -0.3 is 14.4 Å². The van der Waals surface area contributed by atoms with Gasteiger partial charge in [0.15, 0.2) is 11.5 Å². The summed E-state index contributed by atoms with van der Waals surface area (Å²) in [5.74, 6) is 1.32. The maximum Gasteiger partial charge on any atom is 0.325 e. The number of benzene rings is 1. The molecule has 2 heterocycles. The molecule has 0 N–H and O–H groups in total. The Morgan fingerprint density at radius 2 is 2.00 bits per heavy atom. The van der Waals surface area contributed by atoms with Crippen molar-refractivity contribution in [3.05, 3.63) is 46.6 Å². The molecule has 2 aromatic heterocycles. The molecule has 3 rings (SSSR count). The van der Waals surface area contributed by atoms with Gasteiger partial charge in [-0.3, -0.25) is 15.1 Å². The summed E-state index contributed by atoms with van der Waals surface area (Å²) in [6.07, 6.45) is 2.67. The maximum atomic E-state index is 10.9. The minimum Gasteiger partial charge on any atom is -0.493 e. The van der Waals surface area contributed by atoms with Crippen LogP contribution in [-0.4, -0.2) is 48.2 Å². The highest BCUT2D eigenvalue weighted by Gasteiger charge is 2.15. The number of fused-ring (bicyclic) bond motifs is 1. The molecular weight excluding hydrogens is 422 g/mol. The largest absolute Gasteiger partial charge is 0.493 e. The van der Waals surface area contributed by atoms with E-state index in [0.717, 1.165) is 57.4 Å². The Morgan fingerprint density at radius 3 is 2.67 bits per heavy atom. The minimum absolute atomic E-state index is 0.133. The zero-order chi connectivity index (χ0) is 21.5. The van der Waals surface area contributed by atoms with Gasteiger partial charge in [0.25, 0.3) is 0 Å². The van der Waals surface area contributed by atoms with Crippen molar-refractivity contribution in [3.8, 4) is 11.5 Å². The van der Waals surface area contributed by atoms with Crippen LogP contribution in [-0.2, 0) is 0 Å². The van der Waals surface area contributed by atoms with Gasteiger partial charge in [-0.05, 0) is 37.7 Å². The molecule has 9 heteroatoms. The van der Waals surface area contributed by atoms with Crippen LogP contribution in [0.1, 0.15) is 20.3 Å². The lowest BCUT2D eigenvalue weighted by atomic mass is 10.2. The van der Waals surface area contributed by atoms with E-state index in [9.17, 15) is 10.1 Å². The maximum absolute atomic E-state index is 10.9. The lowest BCUT2D eigenvalue weighted by molar-refractivity contribution is -0.380. The van der Waals surface area contributed by atoms with Crippen LogP contribution in [0, 0.1) is 10.1 Å². The first-order valence-corrected chi connectivity index (χ1v) is 11.4. The third-order valence-corrected chi connectivity index (χ3v) is 6.96. The second-order valence-corrected chi connectivity index (χ2v) is 8.91. The van der Waals surface area contributed by atoms with Crippen LogP contribution >= 0.6 is 23.1 Å². The molecule has 30 heavy (non-hydrogen) atoms. The molecule has 0 saturated heterocycles. The van der Waals surface area contributed by atoms with Gasteiger partial charge in [-0.15, -0.1) is 0 Å². The molecule has 0 amide bonds. The fraction of sp³-hybridized carbons (Fsp3) is 0.381. The third-order valence-electron chi connectivity index (χ3n) is 4.72. The zero-order valence-corrected chi connectivity index (χ0v) is 18.9. The van der Waals surface area contributed by atoms with Crippen LogP contribution in [0.3, 0.4) is 0 Å². The normalized spacial score (nSPS) is 11.2. The lowest BCUT2D eigenvalue weighted by Crippen LogP contribution is -2.25. The van der Waals surface area contributed by atoms with Crippen LogP contribution in [0.15, 0.2) is 45.6 Å². The molecule has 0 radical (unpaired) electrons. The van der Waals surface area contributed by atoms with E-state index in [-0.39, 0.29) is 9.92 Å². The predicted molar refractivity (Wildman–Crippen MR) is 121 cm³/mol. The summed E-state index contributed by atoms with van der Waals surface area (Å²) < 4.78 is 12.4. The van der Waals surface area contributed by atoms with Gasteiger partial charge >= 0.3 is 5.00 Å². The predicted octanol–water partition coefficient (Wildman–Crippen LogP) is 5.48. The first-order chi connectivity index (χ1) is 14.5. The molecule has 0 fully saturated rings. The van der Waals surface area contributed by atoms with Crippen LogP contribution < -0.4 is 9.47 Å². The van der Waals surface area contributed by atoms with E-state index < -0.39 is 0 Å². The summed E-state index contributed by atoms with van der Waals surface area (Å²) in [6, 6.07) is 9.02. The van der Waals surface area contributed by atoms with Crippen molar-refractivity contribution in [2.75, 3.05) is 33.4 Å². The van der Waals surface area contributed by atoms with Crippen LogP contribution in [0.5, 0.6) is 11.5 Å². The van der Waals surface area contributed by atoms with Crippen LogP contribution in [0.25, 0.3) is 10.9 Å². The smallest absolute Gasteiger partial charge is 0.325 e. The van der Waals surface area contributed by atoms with Gasteiger partial charge in [0.2, 0.25) is 0 Å². The average molecular weight is 448 g/mol. The van der Waals surface area contributed by atoms with Gasteiger partial charge in [0.05, 0.1) is 28.4 Å². The Labute approximate surface area is 184 Å². The fourth-order valence-corrected chi connectivity index (χ4v) is 5.07. The van der Waals surface area contributed by atoms with Crippen molar-refractivity contribution < 1.29 is 14.4 Å². The zero-order valence-electron chi connectivity index (χ0n) is 17.3. The van der Waals surface area contributed by atoms with Gasteiger partial charge in [-0.1, -0.05) is 36.9 Å². The van der Waals surface area contributed by atoms with Crippen molar-refractivity contribution in [1.82, 2.24) is 9.88 Å². The van der Waals surface area contributed by atoms with Gasteiger partial charge in [0, 0.05) is 35.2 Å². The molecule has 1 aromatic carbocycles. The van der Waals surface area contributed by atoms with Crippen molar-refractivity contribution in [2.24, 2.45) is 0 Å². The molecular formula is C21H25N3O4S2.